The molecule has 1 unspecified atom stereocenters. The number of piperidine rings is 1. The predicted octanol–water partition coefficient (Wildman–Crippen LogP) is 3.48. The summed E-state index contributed by atoms with van der Waals surface area (Å²) < 4.78 is 39.0. The zero-order valence-corrected chi connectivity index (χ0v) is 18.1. The van der Waals surface area contributed by atoms with Crippen LogP contribution in [-0.2, 0) is 27.6 Å². The normalized spacial score (nSPS) is 22.8. The average Bonchev–Trinajstić information content (AvgIpc) is 3.16. The standard InChI is InChI=1S/C20H26ClN3O4S/c1-2-18-22-19(28-23-18)12-15-6-11-27-20(14-15)7-9-24(10-8-20)29(25,26)17-5-3-4-16(21)13-17/h3-5,13,15H,2,6-12,14H2,1H3. The Morgan fingerprint density at radius 1 is 1.31 bits per heavy atom. The summed E-state index contributed by atoms with van der Waals surface area (Å²) in [5.74, 6) is 1.83. The van der Waals surface area contributed by atoms with Gasteiger partial charge in [0.15, 0.2) is 5.82 Å². The molecule has 1 aromatic heterocycles. The molecule has 158 valence electrons. The van der Waals surface area contributed by atoms with Crippen molar-refractivity contribution in [2.45, 2.75) is 55.9 Å². The van der Waals surface area contributed by atoms with E-state index in [9.17, 15) is 8.42 Å². The number of aryl methyl sites for hydroxylation is 1. The third-order valence-electron chi connectivity index (χ3n) is 5.95. The lowest BCUT2D eigenvalue weighted by molar-refractivity contribution is -0.121. The highest BCUT2D eigenvalue weighted by atomic mass is 35.5. The fourth-order valence-corrected chi connectivity index (χ4v) is 6.07. The van der Waals surface area contributed by atoms with Crippen molar-refractivity contribution >= 4 is 21.6 Å². The van der Waals surface area contributed by atoms with Crippen molar-refractivity contribution in [3.05, 3.63) is 41.0 Å². The molecule has 9 heteroatoms. The Morgan fingerprint density at radius 2 is 2.10 bits per heavy atom. The largest absolute Gasteiger partial charge is 0.375 e. The fourth-order valence-electron chi connectivity index (χ4n) is 4.33. The SMILES string of the molecule is CCc1noc(CC2CCOC3(CCN(S(=O)(=O)c4cccc(Cl)c4)CC3)C2)n1. The van der Waals surface area contributed by atoms with Gasteiger partial charge in [0, 0.05) is 37.6 Å². The highest BCUT2D eigenvalue weighted by Gasteiger charge is 2.43. The maximum absolute atomic E-state index is 12.9. The first kappa shape index (κ1) is 20.8. The quantitative estimate of drug-likeness (QED) is 0.709. The molecule has 2 aliphatic heterocycles. The first-order valence-electron chi connectivity index (χ1n) is 10.1. The van der Waals surface area contributed by atoms with Crippen LogP contribution >= 0.6 is 11.6 Å². The van der Waals surface area contributed by atoms with Crippen LogP contribution in [0.25, 0.3) is 0 Å². The molecule has 29 heavy (non-hydrogen) atoms. The van der Waals surface area contributed by atoms with Crippen molar-refractivity contribution in [2.75, 3.05) is 19.7 Å². The summed E-state index contributed by atoms with van der Waals surface area (Å²) >= 11 is 5.98. The minimum absolute atomic E-state index is 0.242. The molecule has 0 bridgehead atoms. The molecular formula is C20H26ClN3O4S. The van der Waals surface area contributed by atoms with Crippen molar-refractivity contribution < 1.29 is 17.7 Å². The topological polar surface area (TPSA) is 85.5 Å². The molecule has 0 amide bonds. The second-order valence-electron chi connectivity index (χ2n) is 7.91. The number of nitrogens with zero attached hydrogens (tertiary/aromatic N) is 3. The second kappa shape index (κ2) is 8.34. The lowest BCUT2D eigenvalue weighted by atomic mass is 9.79. The zero-order valence-electron chi connectivity index (χ0n) is 16.5. The molecule has 0 aliphatic carbocycles. The van der Waals surface area contributed by atoms with Gasteiger partial charge in [-0.2, -0.15) is 9.29 Å². The number of hydrogen-bond donors (Lipinski definition) is 0. The molecule has 2 aliphatic rings. The van der Waals surface area contributed by atoms with E-state index < -0.39 is 10.0 Å². The van der Waals surface area contributed by atoms with Crippen LogP contribution in [0.4, 0.5) is 0 Å². The Balaban J connectivity index is 1.40. The van der Waals surface area contributed by atoms with E-state index in [2.05, 4.69) is 10.1 Å². The predicted molar refractivity (Wildman–Crippen MR) is 108 cm³/mol. The monoisotopic (exact) mass is 439 g/mol. The summed E-state index contributed by atoms with van der Waals surface area (Å²) in [6.45, 7) is 3.58. The van der Waals surface area contributed by atoms with Crippen LogP contribution < -0.4 is 0 Å². The van der Waals surface area contributed by atoms with Gasteiger partial charge < -0.3 is 9.26 Å². The smallest absolute Gasteiger partial charge is 0.243 e. The molecule has 7 nitrogen and oxygen atoms in total. The van der Waals surface area contributed by atoms with Crippen LogP contribution in [0.5, 0.6) is 0 Å². The molecule has 1 aromatic carbocycles. The van der Waals surface area contributed by atoms with E-state index in [1.54, 1.807) is 22.5 Å². The molecule has 3 heterocycles. The minimum atomic E-state index is -3.54. The number of benzene rings is 1. The van der Waals surface area contributed by atoms with Gasteiger partial charge in [0.25, 0.3) is 0 Å². The summed E-state index contributed by atoms with van der Waals surface area (Å²) in [5.41, 5.74) is -0.267. The van der Waals surface area contributed by atoms with Crippen LogP contribution in [0.3, 0.4) is 0 Å². The Labute approximate surface area is 176 Å². The van der Waals surface area contributed by atoms with Gasteiger partial charge in [0.05, 0.1) is 10.5 Å². The summed E-state index contributed by atoms with van der Waals surface area (Å²) in [6, 6.07) is 6.43. The summed E-state index contributed by atoms with van der Waals surface area (Å²) in [5, 5.41) is 4.40. The molecule has 0 radical (unpaired) electrons. The minimum Gasteiger partial charge on any atom is -0.375 e. The Bertz CT molecular complexity index is 954. The van der Waals surface area contributed by atoms with Gasteiger partial charge >= 0.3 is 0 Å². The first-order chi connectivity index (χ1) is 13.9. The number of sulfonamides is 1. The maximum atomic E-state index is 12.9. The van der Waals surface area contributed by atoms with Crippen LogP contribution in [0.2, 0.25) is 5.02 Å². The van der Waals surface area contributed by atoms with Crippen LogP contribution in [0, 0.1) is 5.92 Å². The molecule has 1 atom stereocenters. The van der Waals surface area contributed by atoms with Crippen molar-refractivity contribution in [3.8, 4) is 0 Å². The van der Waals surface area contributed by atoms with Gasteiger partial charge in [-0.05, 0) is 49.8 Å². The van der Waals surface area contributed by atoms with Gasteiger partial charge in [-0.3, -0.25) is 0 Å². The van der Waals surface area contributed by atoms with Crippen molar-refractivity contribution in [2.24, 2.45) is 5.92 Å². The second-order valence-corrected chi connectivity index (χ2v) is 10.3. The fraction of sp³-hybridized carbons (Fsp3) is 0.600. The van der Waals surface area contributed by atoms with Gasteiger partial charge in [0.2, 0.25) is 15.9 Å². The maximum Gasteiger partial charge on any atom is 0.243 e. The Hall–Kier alpha value is -1.48. The molecule has 1 spiro atoms. The van der Waals surface area contributed by atoms with E-state index in [1.807, 2.05) is 6.92 Å². The summed E-state index contributed by atoms with van der Waals surface area (Å²) in [6.07, 6.45) is 4.74. The van der Waals surface area contributed by atoms with Gasteiger partial charge in [-0.1, -0.05) is 29.7 Å². The van der Waals surface area contributed by atoms with Crippen molar-refractivity contribution in [1.82, 2.24) is 14.4 Å². The average molecular weight is 440 g/mol. The number of halogens is 1. The molecule has 4 rings (SSSR count). The number of hydrogen-bond acceptors (Lipinski definition) is 6. The highest BCUT2D eigenvalue weighted by Crippen LogP contribution is 2.39. The molecule has 2 saturated heterocycles. The van der Waals surface area contributed by atoms with Crippen LogP contribution in [0.1, 0.15) is 44.3 Å². The molecule has 2 aromatic rings. The lowest BCUT2D eigenvalue weighted by Gasteiger charge is -2.45. The van der Waals surface area contributed by atoms with Gasteiger partial charge in [-0.15, -0.1) is 0 Å². The van der Waals surface area contributed by atoms with E-state index in [0.717, 1.165) is 31.5 Å². The van der Waals surface area contributed by atoms with E-state index >= 15 is 0 Å². The third kappa shape index (κ3) is 4.50. The lowest BCUT2D eigenvalue weighted by Crippen LogP contribution is -2.50. The molecule has 0 saturated carbocycles. The van der Waals surface area contributed by atoms with Gasteiger partial charge in [-0.25, -0.2) is 8.42 Å². The Kier molecular flexibility index (Phi) is 5.97. The van der Waals surface area contributed by atoms with Gasteiger partial charge in [0.1, 0.15) is 0 Å². The van der Waals surface area contributed by atoms with E-state index in [1.165, 1.54) is 6.07 Å². The Morgan fingerprint density at radius 3 is 2.79 bits per heavy atom. The summed E-state index contributed by atoms with van der Waals surface area (Å²) in [7, 11) is -3.54. The van der Waals surface area contributed by atoms with E-state index in [0.29, 0.717) is 49.4 Å². The van der Waals surface area contributed by atoms with E-state index in [-0.39, 0.29) is 10.5 Å². The van der Waals surface area contributed by atoms with Crippen molar-refractivity contribution in [1.29, 1.82) is 0 Å². The molecule has 0 N–H and O–H groups in total. The first-order valence-corrected chi connectivity index (χ1v) is 11.9. The zero-order chi connectivity index (χ0) is 20.5. The number of ether oxygens (including phenoxy) is 1. The number of rotatable bonds is 5. The third-order valence-corrected chi connectivity index (χ3v) is 8.08. The van der Waals surface area contributed by atoms with Crippen LogP contribution in [0.15, 0.2) is 33.7 Å². The highest BCUT2D eigenvalue weighted by molar-refractivity contribution is 7.89. The molecule has 2 fully saturated rings. The molecular weight excluding hydrogens is 414 g/mol. The summed E-state index contributed by atoms with van der Waals surface area (Å²) in [4.78, 5) is 4.67. The van der Waals surface area contributed by atoms with Crippen molar-refractivity contribution in [3.63, 3.8) is 0 Å². The van der Waals surface area contributed by atoms with E-state index in [4.69, 9.17) is 20.9 Å². The van der Waals surface area contributed by atoms with Crippen LogP contribution in [-0.4, -0.2) is 48.2 Å². The number of aromatic nitrogens is 2.